The van der Waals surface area contributed by atoms with Crippen LogP contribution in [0, 0.1) is 15.9 Å². The van der Waals surface area contributed by atoms with Crippen molar-refractivity contribution in [1.29, 1.82) is 0 Å². The zero-order valence-corrected chi connectivity index (χ0v) is 14.1. The smallest absolute Gasteiger partial charge is 0.254 e. The fourth-order valence-corrected chi connectivity index (χ4v) is 3.95. The summed E-state index contributed by atoms with van der Waals surface area (Å²) >= 11 is 2.26. The number of aryl methyl sites for hydroxylation is 1. The summed E-state index contributed by atoms with van der Waals surface area (Å²) in [5, 5.41) is 3.47. The first-order chi connectivity index (χ1) is 9.60. The topological polar surface area (TPSA) is 32.3 Å². The van der Waals surface area contributed by atoms with Gasteiger partial charge in [0, 0.05) is 23.2 Å². The van der Waals surface area contributed by atoms with Gasteiger partial charge in [0.2, 0.25) is 0 Å². The Morgan fingerprint density at radius 2 is 2.05 bits per heavy atom. The lowest BCUT2D eigenvalue weighted by Gasteiger charge is -2.39. The number of nitrogens with zero attached hydrogens (tertiary/aromatic N) is 1. The summed E-state index contributed by atoms with van der Waals surface area (Å²) in [4.78, 5) is 14.7. The van der Waals surface area contributed by atoms with Crippen molar-refractivity contribution in [2.75, 3.05) is 26.2 Å². The van der Waals surface area contributed by atoms with E-state index in [9.17, 15) is 4.79 Å². The summed E-state index contributed by atoms with van der Waals surface area (Å²) < 4.78 is 1.06. The lowest BCUT2D eigenvalue weighted by atomic mass is 9.78. The molecule has 1 aromatic rings. The first-order valence-corrected chi connectivity index (χ1v) is 8.44. The first-order valence-electron chi connectivity index (χ1n) is 7.36. The molecule has 2 fully saturated rings. The fourth-order valence-electron chi connectivity index (χ4n) is 3.38. The molecule has 2 aliphatic heterocycles. The highest BCUT2D eigenvalue weighted by Gasteiger charge is 2.38. The highest BCUT2D eigenvalue weighted by molar-refractivity contribution is 14.1. The van der Waals surface area contributed by atoms with E-state index in [-0.39, 0.29) is 5.91 Å². The van der Waals surface area contributed by atoms with E-state index in [1.807, 2.05) is 24.0 Å². The normalized spacial score (nSPS) is 21.4. The zero-order valence-electron chi connectivity index (χ0n) is 11.9. The molecule has 2 heterocycles. The molecule has 108 valence electrons. The van der Waals surface area contributed by atoms with Crippen molar-refractivity contribution < 1.29 is 4.79 Å². The van der Waals surface area contributed by atoms with Crippen LogP contribution in [0.4, 0.5) is 0 Å². The van der Waals surface area contributed by atoms with E-state index in [2.05, 4.69) is 34.0 Å². The lowest BCUT2D eigenvalue weighted by molar-refractivity contribution is 0.0606. The molecule has 1 spiro atoms. The number of carbonyl (C=O) groups excluding carboxylic acids is 1. The van der Waals surface area contributed by atoms with Gasteiger partial charge in [0.25, 0.3) is 5.91 Å². The molecule has 1 amide bonds. The van der Waals surface area contributed by atoms with E-state index in [0.29, 0.717) is 5.41 Å². The number of benzene rings is 1. The predicted octanol–water partition coefficient (Wildman–Crippen LogP) is 2.82. The van der Waals surface area contributed by atoms with E-state index in [1.165, 1.54) is 6.42 Å². The van der Waals surface area contributed by atoms with Gasteiger partial charge in [-0.15, -0.1) is 0 Å². The van der Waals surface area contributed by atoms with Gasteiger partial charge in [0.05, 0.1) is 5.56 Å². The van der Waals surface area contributed by atoms with Crippen LogP contribution >= 0.6 is 22.6 Å². The minimum Gasteiger partial charge on any atom is -0.339 e. The summed E-state index contributed by atoms with van der Waals surface area (Å²) in [5.41, 5.74) is 2.49. The molecular weight excluding hydrogens is 363 g/mol. The Labute approximate surface area is 134 Å². The quantitative estimate of drug-likeness (QED) is 0.756. The van der Waals surface area contributed by atoms with Crippen LogP contribution in [0.1, 0.15) is 35.2 Å². The Bertz CT molecular complexity index is 513. The number of amides is 1. The molecule has 0 bridgehead atoms. The molecular formula is C16H21IN2O. The second-order valence-electron chi connectivity index (χ2n) is 6.20. The van der Waals surface area contributed by atoms with Crippen molar-refractivity contribution >= 4 is 28.5 Å². The van der Waals surface area contributed by atoms with Crippen LogP contribution < -0.4 is 5.32 Å². The number of rotatable bonds is 1. The Morgan fingerprint density at radius 3 is 2.70 bits per heavy atom. The second kappa shape index (κ2) is 5.64. The standard InChI is InChI=1S/C16H21IN2O/c1-12-2-3-14(17)13(10-12)15(20)19-8-5-16(6-9-19)4-7-18-11-16/h2-3,10,18H,4-9,11H2,1H3. The van der Waals surface area contributed by atoms with E-state index in [1.54, 1.807) is 0 Å². The SMILES string of the molecule is Cc1ccc(I)c(C(=O)N2CCC3(CCNC3)CC2)c1. The van der Waals surface area contributed by atoms with Crippen molar-refractivity contribution in [2.24, 2.45) is 5.41 Å². The molecule has 0 saturated carbocycles. The van der Waals surface area contributed by atoms with E-state index in [4.69, 9.17) is 0 Å². The summed E-state index contributed by atoms with van der Waals surface area (Å²) in [6.45, 7) is 6.14. The van der Waals surface area contributed by atoms with Crippen molar-refractivity contribution in [3.05, 3.63) is 32.9 Å². The first kappa shape index (κ1) is 14.3. The molecule has 3 nitrogen and oxygen atoms in total. The van der Waals surface area contributed by atoms with E-state index in [0.717, 1.165) is 53.7 Å². The number of hydrogen-bond donors (Lipinski definition) is 1. The largest absolute Gasteiger partial charge is 0.339 e. The van der Waals surface area contributed by atoms with Crippen LogP contribution in [-0.4, -0.2) is 37.0 Å². The lowest BCUT2D eigenvalue weighted by Crippen LogP contribution is -2.44. The molecule has 20 heavy (non-hydrogen) atoms. The van der Waals surface area contributed by atoms with Gasteiger partial charge in [-0.2, -0.15) is 0 Å². The van der Waals surface area contributed by atoms with Crippen LogP contribution in [0.2, 0.25) is 0 Å². The number of nitrogens with one attached hydrogen (secondary N) is 1. The molecule has 2 aliphatic rings. The predicted molar refractivity (Wildman–Crippen MR) is 89.0 cm³/mol. The highest BCUT2D eigenvalue weighted by Crippen LogP contribution is 2.37. The third-order valence-electron chi connectivity index (χ3n) is 4.80. The van der Waals surface area contributed by atoms with Gasteiger partial charge in [0.1, 0.15) is 0 Å². The average molecular weight is 384 g/mol. The average Bonchev–Trinajstić information content (AvgIpc) is 2.90. The minimum atomic E-state index is 0.207. The summed E-state index contributed by atoms with van der Waals surface area (Å²) in [7, 11) is 0. The molecule has 2 saturated heterocycles. The number of halogens is 1. The molecule has 0 aliphatic carbocycles. The van der Waals surface area contributed by atoms with Gasteiger partial charge in [-0.05, 0) is 72.9 Å². The number of likely N-dealkylation sites (tertiary alicyclic amines) is 1. The molecule has 1 N–H and O–H groups in total. The van der Waals surface area contributed by atoms with Gasteiger partial charge in [-0.25, -0.2) is 0 Å². The minimum absolute atomic E-state index is 0.207. The summed E-state index contributed by atoms with van der Waals surface area (Å²) in [6, 6.07) is 6.12. The van der Waals surface area contributed by atoms with Crippen LogP contribution in [0.3, 0.4) is 0 Å². The Kier molecular flexibility index (Phi) is 4.04. The van der Waals surface area contributed by atoms with Crippen molar-refractivity contribution in [3.8, 4) is 0 Å². The van der Waals surface area contributed by atoms with Crippen molar-refractivity contribution in [3.63, 3.8) is 0 Å². The molecule has 0 unspecified atom stereocenters. The molecule has 0 atom stereocenters. The maximum atomic E-state index is 12.7. The Morgan fingerprint density at radius 1 is 1.30 bits per heavy atom. The van der Waals surface area contributed by atoms with Crippen LogP contribution in [0.5, 0.6) is 0 Å². The highest BCUT2D eigenvalue weighted by atomic mass is 127. The molecule has 4 heteroatoms. The zero-order chi connectivity index (χ0) is 14.2. The van der Waals surface area contributed by atoms with Crippen LogP contribution in [0.25, 0.3) is 0 Å². The monoisotopic (exact) mass is 384 g/mol. The van der Waals surface area contributed by atoms with E-state index < -0.39 is 0 Å². The maximum Gasteiger partial charge on any atom is 0.254 e. The maximum absolute atomic E-state index is 12.7. The van der Waals surface area contributed by atoms with Gasteiger partial charge < -0.3 is 10.2 Å². The summed E-state index contributed by atoms with van der Waals surface area (Å²) in [5.74, 6) is 0.207. The molecule has 0 radical (unpaired) electrons. The molecule has 3 rings (SSSR count). The van der Waals surface area contributed by atoms with E-state index >= 15 is 0 Å². The third-order valence-corrected chi connectivity index (χ3v) is 5.74. The van der Waals surface area contributed by atoms with Gasteiger partial charge in [0.15, 0.2) is 0 Å². The van der Waals surface area contributed by atoms with Crippen LogP contribution in [-0.2, 0) is 0 Å². The Hall–Kier alpha value is -0.620. The third kappa shape index (κ3) is 2.72. The van der Waals surface area contributed by atoms with Crippen molar-refractivity contribution in [2.45, 2.75) is 26.2 Å². The van der Waals surface area contributed by atoms with Crippen LogP contribution in [0.15, 0.2) is 18.2 Å². The second-order valence-corrected chi connectivity index (χ2v) is 7.36. The molecule has 0 aromatic heterocycles. The number of carbonyl (C=O) groups is 1. The van der Waals surface area contributed by atoms with Gasteiger partial charge >= 0.3 is 0 Å². The molecule has 1 aromatic carbocycles. The van der Waals surface area contributed by atoms with Gasteiger partial charge in [-0.1, -0.05) is 11.6 Å². The number of hydrogen-bond acceptors (Lipinski definition) is 2. The number of piperidine rings is 1. The fraction of sp³-hybridized carbons (Fsp3) is 0.562. The summed E-state index contributed by atoms with van der Waals surface area (Å²) in [6.07, 6.45) is 3.57. The van der Waals surface area contributed by atoms with Crippen molar-refractivity contribution in [1.82, 2.24) is 10.2 Å². The Balaban J connectivity index is 1.71. The van der Waals surface area contributed by atoms with Gasteiger partial charge in [-0.3, -0.25) is 4.79 Å².